The van der Waals surface area contributed by atoms with Crippen molar-refractivity contribution in [2.24, 2.45) is 21.8 Å². The van der Waals surface area contributed by atoms with Gasteiger partial charge < -0.3 is 11.6 Å². The highest BCUT2D eigenvalue weighted by atomic mass is 19.4. The molecule has 0 heterocycles. The highest BCUT2D eigenvalue weighted by Gasteiger charge is 2.30. The molecule has 0 fully saturated rings. The number of hydrazone groups is 2. The van der Waals surface area contributed by atoms with Crippen LogP contribution in [0.5, 0.6) is 0 Å². The fourth-order valence-corrected chi connectivity index (χ4v) is 0.997. The van der Waals surface area contributed by atoms with E-state index < -0.39 is 11.7 Å². The summed E-state index contributed by atoms with van der Waals surface area (Å²) >= 11 is 0. The highest BCUT2D eigenvalue weighted by Crippen LogP contribution is 2.29. The number of halogens is 3. The molecule has 0 saturated heterocycles. The van der Waals surface area contributed by atoms with Gasteiger partial charge in [0.15, 0.2) is 0 Å². The number of hydrogen-bond acceptors (Lipinski definition) is 3. The van der Waals surface area contributed by atoms with Gasteiger partial charge in [0.05, 0.1) is 11.8 Å². The average Bonchev–Trinajstić information content (AvgIpc) is 2.28. The van der Waals surface area contributed by atoms with Crippen LogP contribution in [-0.4, -0.2) is 12.2 Å². The van der Waals surface area contributed by atoms with Crippen LogP contribution in [0.1, 0.15) is 11.1 Å². The molecule has 0 bridgehead atoms. The maximum Gasteiger partial charge on any atom is 0.416 e. The number of guanidine groups is 1. The first kappa shape index (κ1) is 12.8. The van der Waals surface area contributed by atoms with E-state index in [1.165, 1.54) is 18.3 Å². The zero-order valence-electron chi connectivity index (χ0n) is 8.57. The minimum absolute atomic E-state index is 0.145. The molecule has 5 nitrogen and oxygen atoms in total. The van der Waals surface area contributed by atoms with E-state index in [4.69, 9.17) is 11.6 Å². The van der Waals surface area contributed by atoms with Crippen molar-refractivity contribution in [3.63, 3.8) is 0 Å². The van der Waals surface area contributed by atoms with E-state index in [2.05, 4.69) is 15.6 Å². The smallest absolute Gasteiger partial charge is 0.367 e. The second kappa shape index (κ2) is 5.19. The molecule has 0 unspecified atom stereocenters. The molecule has 0 atom stereocenters. The van der Waals surface area contributed by atoms with Crippen LogP contribution in [-0.2, 0) is 6.18 Å². The molecule has 8 heteroatoms. The Morgan fingerprint density at radius 2 is 2.06 bits per heavy atom. The Balaban J connectivity index is 2.80. The lowest BCUT2D eigenvalue weighted by Gasteiger charge is -2.06. The minimum Gasteiger partial charge on any atom is -0.367 e. The maximum absolute atomic E-state index is 12.4. The molecule has 5 N–H and O–H groups in total. The van der Waals surface area contributed by atoms with Crippen LogP contribution in [0.4, 0.5) is 13.2 Å². The summed E-state index contributed by atoms with van der Waals surface area (Å²) in [6.07, 6.45) is -3.21. The van der Waals surface area contributed by atoms with Crippen molar-refractivity contribution in [3.05, 3.63) is 35.4 Å². The monoisotopic (exact) mass is 245 g/mol. The lowest BCUT2D eigenvalue weighted by atomic mass is 10.1. The predicted octanol–water partition coefficient (Wildman–Crippen LogP) is 0.817. The molecule has 0 saturated carbocycles. The number of nitrogens with two attached hydrogens (primary N) is 2. The fourth-order valence-electron chi connectivity index (χ4n) is 0.997. The molecule has 92 valence electrons. The summed E-state index contributed by atoms with van der Waals surface area (Å²) in [4.78, 5) is 0. The zero-order chi connectivity index (χ0) is 12.9. The van der Waals surface area contributed by atoms with Gasteiger partial charge in [-0.1, -0.05) is 12.1 Å². The number of hydrogen-bond donors (Lipinski definition) is 3. The average molecular weight is 245 g/mol. The Morgan fingerprint density at radius 3 is 2.65 bits per heavy atom. The van der Waals surface area contributed by atoms with Gasteiger partial charge in [-0.15, -0.1) is 5.10 Å². The van der Waals surface area contributed by atoms with E-state index in [0.717, 1.165) is 12.1 Å². The van der Waals surface area contributed by atoms with Gasteiger partial charge in [0.25, 0.3) is 0 Å². The molecule has 0 spiro atoms. The van der Waals surface area contributed by atoms with E-state index in [1.54, 1.807) is 0 Å². The number of benzene rings is 1. The van der Waals surface area contributed by atoms with Crippen molar-refractivity contribution >= 4 is 12.2 Å². The summed E-state index contributed by atoms with van der Waals surface area (Å²) in [6.45, 7) is 0. The third kappa shape index (κ3) is 4.01. The van der Waals surface area contributed by atoms with Gasteiger partial charge in [-0.3, -0.25) is 0 Å². The first-order valence-electron chi connectivity index (χ1n) is 4.43. The normalized spacial score (nSPS) is 13.0. The van der Waals surface area contributed by atoms with Crippen molar-refractivity contribution in [1.29, 1.82) is 0 Å². The molecule has 0 aromatic heterocycles. The van der Waals surface area contributed by atoms with Crippen molar-refractivity contribution in [2.75, 3.05) is 0 Å². The minimum atomic E-state index is -4.38. The van der Waals surface area contributed by atoms with Crippen LogP contribution in [0.25, 0.3) is 0 Å². The molecule has 1 rings (SSSR count). The highest BCUT2D eigenvalue weighted by molar-refractivity contribution is 5.83. The summed E-state index contributed by atoms with van der Waals surface area (Å²) in [6, 6.07) is 4.68. The first-order chi connectivity index (χ1) is 7.93. The van der Waals surface area contributed by atoms with Crippen molar-refractivity contribution in [2.45, 2.75) is 6.18 Å². The second-order valence-electron chi connectivity index (χ2n) is 3.01. The first-order valence-corrected chi connectivity index (χ1v) is 4.43. The van der Waals surface area contributed by atoms with Gasteiger partial charge in [-0.2, -0.15) is 18.3 Å². The van der Waals surface area contributed by atoms with Gasteiger partial charge >= 0.3 is 6.18 Å². The number of nitrogens with one attached hydrogen (secondary N) is 1. The molecule has 0 amide bonds. The van der Waals surface area contributed by atoms with Gasteiger partial charge in [-0.25, -0.2) is 5.43 Å². The summed E-state index contributed by atoms with van der Waals surface area (Å²) in [5.41, 5.74) is 6.91. The van der Waals surface area contributed by atoms with E-state index in [-0.39, 0.29) is 11.5 Å². The Labute approximate surface area is 95.0 Å². The summed E-state index contributed by atoms with van der Waals surface area (Å²) in [7, 11) is 0. The van der Waals surface area contributed by atoms with E-state index in [0.29, 0.717) is 0 Å². The fraction of sp³-hybridized carbons (Fsp3) is 0.111. The SMILES string of the molecule is NN=C(N)NN=Cc1cccc(C(F)(F)F)c1. The Kier molecular flexibility index (Phi) is 3.91. The van der Waals surface area contributed by atoms with Crippen LogP contribution in [0, 0.1) is 0 Å². The van der Waals surface area contributed by atoms with Gasteiger partial charge in [0.1, 0.15) is 0 Å². The molecule has 0 aliphatic carbocycles. The largest absolute Gasteiger partial charge is 0.416 e. The molecule has 1 aromatic carbocycles. The number of alkyl halides is 3. The molecule has 1 aromatic rings. The number of rotatable bonds is 2. The lowest BCUT2D eigenvalue weighted by Crippen LogP contribution is -2.28. The van der Waals surface area contributed by atoms with Crippen molar-refractivity contribution < 1.29 is 13.2 Å². The molecule has 0 aliphatic heterocycles. The topological polar surface area (TPSA) is 88.8 Å². The summed E-state index contributed by atoms with van der Waals surface area (Å²) < 4.78 is 37.1. The Bertz CT molecular complexity index is 439. The van der Waals surface area contributed by atoms with Gasteiger partial charge in [-0.05, 0) is 17.7 Å². The summed E-state index contributed by atoms with van der Waals surface area (Å²) in [5.74, 6) is 4.67. The van der Waals surface area contributed by atoms with Gasteiger partial charge in [0.2, 0.25) is 5.96 Å². The summed E-state index contributed by atoms with van der Waals surface area (Å²) in [5, 5.41) is 6.62. The van der Waals surface area contributed by atoms with Crippen molar-refractivity contribution in [3.8, 4) is 0 Å². The van der Waals surface area contributed by atoms with Crippen LogP contribution >= 0.6 is 0 Å². The van der Waals surface area contributed by atoms with E-state index in [9.17, 15) is 13.2 Å². The number of nitrogens with zero attached hydrogens (tertiary/aromatic N) is 2. The van der Waals surface area contributed by atoms with Crippen LogP contribution in [0.2, 0.25) is 0 Å². The second-order valence-corrected chi connectivity index (χ2v) is 3.01. The molecular weight excluding hydrogens is 235 g/mol. The Hall–Kier alpha value is -2.25. The lowest BCUT2D eigenvalue weighted by molar-refractivity contribution is -0.137. The van der Waals surface area contributed by atoms with Crippen LogP contribution < -0.4 is 17.0 Å². The molecule has 0 aliphatic rings. The third-order valence-electron chi connectivity index (χ3n) is 1.75. The third-order valence-corrected chi connectivity index (χ3v) is 1.75. The van der Waals surface area contributed by atoms with Crippen molar-refractivity contribution in [1.82, 2.24) is 5.43 Å². The molecule has 17 heavy (non-hydrogen) atoms. The zero-order valence-corrected chi connectivity index (χ0v) is 8.57. The maximum atomic E-state index is 12.4. The molecular formula is C9H10F3N5. The van der Waals surface area contributed by atoms with E-state index >= 15 is 0 Å². The standard InChI is InChI=1S/C9H10F3N5/c10-9(11,12)7-3-1-2-6(4-7)5-15-17-8(13)16-14/h1-5H,14H2,(H3,13,16,17). The van der Waals surface area contributed by atoms with E-state index in [1.807, 2.05) is 0 Å². The van der Waals surface area contributed by atoms with Gasteiger partial charge in [0, 0.05) is 0 Å². The Morgan fingerprint density at radius 1 is 1.35 bits per heavy atom. The predicted molar refractivity (Wildman–Crippen MR) is 58.0 cm³/mol. The molecule has 0 radical (unpaired) electrons. The van der Waals surface area contributed by atoms with Crippen LogP contribution in [0.15, 0.2) is 34.5 Å². The van der Waals surface area contributed by atoms with Crippen LogP contribution in [0.3, 0.4) is 0 Å². The quantitative estimate of drug-likeness (QED) is 0.312.